The van der Waals surface area contributed by atoms with E-state index in [0.717, 1.165) is 32.1 Å². The summed E-state index contributed by atoms with van der Waals surface area (Å²) in [6.07, 6.45) is 6.79. The number of carbonyl (C=O) groups is 2. The SMILES string of the molecule is C=CCCCCCC[N+](CCO)(CCC(=O)[O-])CCC(=O)O. The van der Waals surface area contributed by atoms with E-state index in [4.69, 9.17) is 5.11 Å². The molecule has 0 aromatic rings. The van der Waals surface area contributed by atoms with E-state index in [1.807, 2.05) is 6.08 Å². The first-order valence-corrected chi connectivity index (χ1v) is 7.94. The van der Waals surface area contributed by atoms with Gasteiger partial charge in [0.1, 0.15) is 6.54 Å². The molecule has 0 saturated carbocycles. The van der Waals surface area contributed by atoms with Gasteiger partial charge < -0.3 is 24.6 Å². The van der Waals surface area contributed by atoms with Gasteiger partial charge in [-0.15, -0.1) is 6.58 Å². The van der Waals surface area contributed by atoms with Gasteiger partial charge >= 0.3 is 5.97 Å². The molecular weight excluding hydrogens is 286 g/mol. The van der Waals surface area contributed by atoms with Crippen molar-refractivity contribution in [3.05, 3.63) is 12.7 Å². The van der Waals surface area contributed by atoms with Crippen molar-refractivity contribution in [3.63, 3.8) is 0 Å². The topological polar surface area (TPSA) is 97.7 Å². The summed E-state index contributed by atoms with van der Waals surface area (Å²) >= 11 is 0. The first-order chi connectivity index (χ1) is 10.5. The van der Waals surface area contributed by atoms with Crippen molar-refractivity contribution in [2.75, 3.05) is 32.8 Å². The van der Waals surface area contributed by atoms with Crippen molar-refractivity contribution in [1.29, 1.82) is 0 Å². The third-order valence-electron chi connectivity index (χ3n) is 3.96. The lowest BCUT2D eigenvalue weighted by Crippen LogP contribution is -2.53. The van der Waals surface area contributed by atoms with Gasteiger partial charge in [-0.05, 0) is 25.7 Å². The lowest BCUT2D eigenvalue weighted by Gasteiger charge is -2.38. The number of rotatable bonds is 15. The summed E-state index contributed by atoms with van der Waals surface area (Å²) in [5.74, 6) is -2.04. The van der Waals surface area contributed by atoms with Crippen LogP contribution in [0.1, 0.15) is 44.9 Å². The van der Waals surface area contributed by atoms with Crippen molar-refractivity contribution >= 4 is 11.9 Å². The molecule has 22 heavy (non-hydrogen) atoms. The molecule has 0 amide bonds. The van der Waals surface area contributed by atoms with Gasteiger partial charge in [0.25, 0.3) is 0 Å². The van der Waals surface area contributed by atoms with Crippen molar-refractivity contribution in [1.82, 2.24) is 0 Å². The Kier molecular flexibility index (Phi) is 11.4. The van der Waals surface area contributed by atoms with E-state index in [0.29, 0.717) is 30.7 Å². The standard InChI is InChI=1S/C16H29NO5/c1-2-3-4-5-6-7-10-17(13-14-18,11-8-15(19)20)12-9-16(21)22/h2,18H,1,3-14H2,(H-,19,20,21,22). The number of hydrogen-bond donors (Lipinski definition) is 2. The number of carboxylic acid groups (broad SMARTS) is 2. The molecule has 0 rings (SSSR count). The zero-order chi connectivity index (χ0) is 16.8. The Morgan fingerprint density at radius 3 is 2.18 bits per heavy atom. The number of hydrogen-bond acceptors (Lipinski definition) is 4. The van der Waals surface area contributed by atoms with Gasteiger partial charge in [0, 0.05) is 12.4 Å². The number of carbonyl (C=O) groups excluding carboxylic acids is 1. The number of aliphatic carboxylic acids is 2. The summed E-state index contributed by atoms with van der Waals surface area (Å²) < 4.78 is 0.332. The van der Waals surface area contributed by atoms with E-state index in [2.05, 4.69) is 6.58 Å². The van der Waals surface area contributed by atoms with E-state index in [1.54, 1.807) is 0 Å². The second-order valence-electron chi connectivity index (χ2n) is 5.72. The first-order valence-electron chi connectivity index (χ1n) is 7.94. The Labute approximate surface area is 132 Å². The van der Waals surface area contributed by atoms with Crippen molar-refractivity contribution < 1.29 is 29.4 Å². The van der Waals surface area contributed by atoms with Gasteiger partial charge in [-0.2, -0.15) is 0 Å². The largest absolute Gasteiger partial charge is 0.550 e. The number of aliphatic hydroxyl groups is 1. The van der Waals surface area contributed by atoms with Crippen molar-refractivity contribution in [2.45, 2.75) is 44.9 Å². The van der Waals surface area contributed by atoms with Gasteiger partial charge in [0.05, 0.1) is 32.7 Å². The zero-order valence-corrected chi connectivity index (χ0v) is 13.3. The van der Waals surface area contributed by atoms with Crippen LogP contribution in [-0.2, 0) is 9.59 Å². The molecule has 0 aromatic heterocycles. The molecule has 1 unspecified atom stereocenters. The molecule has 0 saturated heterocycles. The molecule has 0 aromatic carbocycles. The molecule has 0 fully saturated rings. The van der Waals surface area contributed by atoms with E-state index >= 15 is 0 Å². The highest BCUT2D eigenvalue weighted by molar-refractivity contribution is 5.66. The van der Waals surface area contributed by atoms with Crippen LogP contribution in [0, 0.1) is 0 Å². The molecule has 0 radical (unpaired) electrons. The van der Waals surface area contributed by atoms with Crippen LogP contribution in [0.25, 0.3) is 0 Å². The van der Waals surface area contributed by atoms with Crippen molar-refractivity contribution in [2.24, 2.45) is 0 Å². The maximum Gasteiger partial charge on any atom is 0.309 e. The quantitative estimate of drug-likeness (QED) is 0.261. The Balaban J connectivity index is 4.51. The van der Waals surface area contributed by atoms with Gasteiger partial charge in [0.15, 0.2) is 0 Å². The maximum atomic E-state index is 10.8. The molecule has 0 heterocycles. The molecule has 0 spiro atoms. The summed E-state index contributed by atoms with van der Waals surface area (Å²) in [5.41, 5.74) is 0. The molecular formula is C16H29NO5. The van der Waals surface area contributed by atoms with Crippen LogP contribution >= 0.6 is 0 Å². The molecule has 2 N–H and O–H groups in total. The number of allylic oxidation sites excluding steroid dienone is 1. The highest BCUT2D eigenvalue weighted by Crippen LogP contribution is 2.14. The highest BCUT2D eigenvalue weighted by atomic mass is 16.4. The van der Waals surface area contributed by atoms with E-state index in [9.17, 15) is 19.8 Å². The molecule has 0 aliphatic rings. The van der Waals surface area contributed by atoms with Crippen LogP contribution < -0.4 is 5.11 Å². The summed E-state index contributed by atoms with van der Waals surface area (Å²) in [7, 11) is 0. The average molecular weight is 315 g/mol. The van der Waals surface area contributed by atoms with Gasteiger partial charge in [-0.25, -0.2) is 0 Å². The minimum Gasteiger partial charge on any atom is -0.550 e. The Morgan fingerprint density at radius 2 is 1.64 bits per heavy atom. The predicted molar refractivity (Wildman–Crippen MR) is 82.0 cm³/mol. The van der Waals surface area contributed by atoms with Gasteiger partial charge in [-0.1, -0.05) is 12.5 Å². The third-order valence-corrected chi connectivity index (χ3v) is 3.96. The van der Waals surface area contributed by atoms with E-state index < -0.39 is 11.9 Å². The lowest BCUT2D eigenvalue weighted by atomic mass is 10.1. The van der Waals surface area contributed by atoms with Gasteiger partial charge in [0.2, 0.25) is 0 Å². The number of nitrogens with zero attached hydrogens (tertiary/aromatic N) is 1. The molecule has 6 nitrogen and oxygen atoms in total. The number of unbranched alkanes of at least 4 members (excludes halogenated alkanes) is 4. The summed E-state index contributed by atoms with van der Waals surface area (Å²) in [6, 6.07) is 0. The van der Waals surface area contributed by atoms with Crippen LogP contribution in [0.4, 0.5) is 0 Å². The second kappa shape index (κ2) is 12.2. The fraction of sp³-hybridized carbons (Fsp3) is 0.750. The normalized spacial score (nSPS) is 13.5. The molecule has 0 aliphatic heterocycles. The second-order valence-corrected chi connectivity index (χ2v) is 5.72. The van der Waals surface area contributed by atoms with E-state index in [1.165, 1.54) is 0 Å². The molecule has 6 heteroatoms. The number of aliphatic hydroxyl groups excluding tert-OH is 1. The van der Waals surface area contributed by atoms with E-state index in [-0.39, 0.29) is 19.4 Å². The summed E-state index contributed by atoms with van der Waals surface area (Å²) in [6.45, 7) is 5.32. The zero-order valence-electron chi connectivity index (χ0n) is 13.3. The molecule has 0 bridgehead atoms. The monoisotopic (exact) mass is 315 g/mol. The van der Waals surface area contributed by atoms with Crippen LogP contribution in [0.2, 0.25) is 0 Å². The lowest BCUT2D eigenvalue weighted by molar-refractivity contribution is -0.927. The van der Waals surface area contributed by atoms with Crippen LogP contribution in [0.5, 0.6) is 0 Å². The fourth-order valence-corrected chi connectivity index (χ4v) is 2.63. The number of carboxylic acids is 2. The number of quaternary nitrogens is 1. The minimum atomic E-state index is -1.14. The molecule has 0 aliphatic carbocycles. The first kappa shape index (κ1) is 20.6. The van der Waals surface area contributed by atoms with Gasteiger partial charge in [-0.3, -0.25) is 4.79 Å². The average Bonchev–Trinajstić information content (AvgIpc) is 2.46. The fourth-order valence-electron chi connectivity index (χ4n) is 2.63. The Hall–Kier alpha value is -1.40. The summed E-state index contributed by atoms with van der Waals surface area (Å²) in [5, 5.41) is 28.9. The smallest absolute Gasteiger partial charge is 0.309 e. The Bertz CT molecular complexity index is 325. The highest BCUT2D eigenvalue weighted by Gasteiger charge is 2.27. The minimum absolute atomic E-state index is 0.0243. The van der Waals surface area contributed by atoms with Crippen LogP contribution in [0.15, 0.2) is 12.7 Å². The van der Waals surface area contributed by atoms with Crippen molar-refractivity contribution in [3.8, 4) is 0 Å². The summed E-state index contributed by atoms with van der Waals surface area (Å²) in [4.78, 5) is 21.6. The molecule has 1 atom stereocenters. The Morgan fingerprint density at radius 1 is 1.00 bits per heavy atom. The predicted octanol–water partition coefficient (Wildman–Crippen LogP) is 0.547. The van der Waals surface area contributed by atoms with Crippen LogP contribution in [0.3, 0.4) is 0 Å². The third kappa shape index (κ3) is 10.3. The molecule has 128 valence electrons. The van der Waals surface area contributed by atoms with Crippen LogP contribution in [-0.4, -0.2) is 59.4 Å². The maximum absolute atomic E-state index is 10.8.